The third kappa shape index (κ3) is 4.58. The van der Waals surface area contributed by atoms with E-state index in [2.05, 4.69) is 5.32 Å². The maximum atomic E-state index is 10.7. The van der Waals surface area contributed by atoms with Crippen molar-refractivity contribution in [2.45, 2.75) is 12.3 Å². The van der Waals surface area contributed by atoms with Crippen LogP contribution in [0.3, 0.4) is 0 Å². The Morgan fingerprint density at radius 3 is 2.80 bits per heavy atom. The van der Waals surface area contributed by atoms with Crippen molar-refractivity contribution in [2.24, 2.45) is 0 Å². The minimum absolute atomic E-state index is 0.154. The molecular formula is C6H12ClNO2. The van der Waals surface area contributed by atoms with E-state index in [1.54, 1.807) is 14.0 Å². The molecule has 0 aromatic heterocycles. The van der Waals surface area contributed by atoms with E-state index in [-0.39, 0.29) is 5.91 Å². The van der Waals surface area contributed by atoms with Gasteiger partial charge in [0.2, 0.25) is 5.91 Å². The van der Waals surface area contributed by atoms with Crippen molar-refractivity contribution in [1.82, 2.24) is 5.32 Å². The normalized spacial score (nSPS) is 12.7. The van der Waals surface area contributed by atoms with Crippen molar-refractivity contribution in [3.8, 4) is 0 Å². The number of nitrogens with one attached hydrogen (secondary N) is 1. The average molecular weight is 166 g/mol. The van der Waals surface area contributed by atoms with Gasteiger partial charge in [0.25, 0.3) is 0 Å². The second-order valence-corrected chi connectivity index (χ2v) is 2.55. The van der Waals surface area contributed by atoms with Gasteiger partial charge in [-0.2, -0.15) is 0 Å². The van der Waals surface area contributed by atoms with Crippen LogP contribution >= 0.6 is 11.6 Å². The highest BCUT2D eigenvalue weighted by Gasteiger charge is 2.06. The number of ether oxygens (including phenoxy) is 1. The maximum Gasteiger partial charge on any atom is 0.237 e. The van der Waals surface area contributed by atoms with Crippen LogP contribution in [0.5, 0.6) is 0 Å². The molecule has 4 heteroatoms. The van der Waals surface area contributed by atoms with E-state index in [0.29, 0.717) is 13.2 Å². The van der Waals surface area contributed by atoms with Crippen LogP contribution in [0.4, 0.5) is 0 Å². The van der Waals surface area contributed by atoms with Gasteiger partial charge in [-0.15, -0.1) is 11.6 Å². The summed E-state index contributed by atoms with van der Waals surface area (Å²) in [7, 11) is 1.58. The SMILES string of the molecule is COCCNC(=O)[C@@H](C)Cl. The number of hydrogen-bond acceptors (Lipinski definition) is 2. The topological polar surface area (TPSA) is 38.3 Å². The molecule has 0 aromatic carbocycles. The molecule has 0 bridgehead atoms. The summed E-state index contributed by atoms with van der Waals surface area (Å²) in [6.07, 6.45) is 0. The molecule has 0 radical (unpaired) electrons. The second-order valence-electron chi connectivity index (χ2n) is 1.90. The summed E-state index contributed by atoms with van der Waals surface area (Å²) in [6.45, 7) is 2.67. The Balaban J connectivity index is 3.22. The highest BCUT2D eigenvalue weighted by Crippen LogP contribution is 1.90. The highest BCUT2D eigenvalue weighted by molar-refractivity contribution is 6.30. The molecule has 0 saturated heterocycles. The molecule has 0 fully saturated rings. The smallest absolute Gasteiger partial charge is 0.237 e. The number of hydrogen-bond donors (Lipinski definition) is 1. The van der Waals surface area contributed by atoms with Crippen LogP contribution in [0.25, 0.3) is 0 Å². The third-order valence-corrected chi connectivity index (χ3v) is 1.16. The van der Waals surface area contributed by atoms with Gasteiger partial charge in [-0.05, 0) is 6.92 Å². The molecule has 1 amide bonds. The number of alkyl halides is 1. The lowest BCUT2D eigenvalue weighted by atomic mass is 10.4. The van der Waals surface area contributed by atoms with E-state index in [9.17, 15) is 4.79 Å². The first kappa shape index (κ1) is 9.72. The molecule has 0 aliphatic rings. The van der Waals surface area contributed by atoms with Crippen LogP contribution in [0.2, 0.25) is 0 Å². The minimum Gasteiger partial charge on any atom is -0.383 e. The van der Waals surface area contributed by atoms with Gasteiger partial charge in [-0.3, -0.25) is 4.79 Å². The standard InChI is InChI=1S/C6H12ClNO2/c1-5(7)6(9)8-3-4-10-2/h5H,3-4H2,1-2H3,(H,8,9)/t5-/m1/s1. The first-order valence-electron chi connectivity index (χ1n) is 3.09. The Morgan fingerprint density at radius 1 is 1.80 bits per heavy atom. The predicted octanol–water partition coefficient (Wildman–Crippen LogP) is 0.376. The molecule has 0 saturated carbocycles. The monoisotopic (exact) mass is 165 g/mol. The van der Waals surface area contributed by atoms with Crippen LogP contribution in [-0.2, 0) is 9.53 Å². The number of carbonyl (C=O) groups excluding carboxylic acids is 1. The third-order valence-electron chi connectivity index (χ3n) is 0.967. The summed E-state index contributed by atoms with van der Waals surface area (Å²) in [5, 5.41) is 2.13. The Hall–Kier alpha value is -0.280. The number of methoxy groups -OCH3 is 1. The minimum atomic E-state index is -0.461. The van der Waals surface area contributed by atoms with Crippen molar-refractivity contribution in [3.05, 3.63) is 0 Å². The lowest BCUT2D eigenvalue weighted by molar-refractivity contribution is -0.120. The lowest BCUT2D eigenvalue weighted by Crippen LogP contribution is -2.32. The van der Waals surface area contributed by atoms with Gasteiger partial charge >= 0.3 is 0 Å². The zero-order chi connectivity index (χ0) is 7.98. The molecule has 0 aliphatic heterocycles. The zero-order valence-corrected chi connectivity index (χ0v) is 6.94. The molecule has 60 valence electrons. The van der Waals surface area contributed by atoms with Crippen molar-refractivity contribution in [1.29, 1.82) is 0 Å². The van der Waals surface area contributed by atoms with Gasteiger partial charge in [0.05, 0.1) is 6.61 Å². The van der Waals surface area contributed by atoms with Crippen LogP contribution in [-0.4, -0.2) is 31.5 Å². The fraction of sp³-hybridized carbons (Fsp3) is 0.833. The molecule has 0 aliphatic carbocycles. The van der Waals surface area contributed by atoms with Gasteiger partial charge in [0.15, 0.2) is 0 Å². The van der Waals surface area contributed by atoms with E-state index in [1.165, 1.54) is 0 Å². The van der Waals surface area contributed by atoms with Crippen molar-refractivity contribution < 1.29 is 9.53 Å². The summed E-state index contributed by atoms with van der Waals surface area (Å²) in [4.78, 5) is 10.7. The Morgan fingerprint density at radius 2 is 2.40 bits per heavy atom. The lowest BCUT2D eigenvalue weighted by Gasteiger charge is -2.04. The van der Waals surface area contributed by atoms with E-state index < -0.39 is 5.38 Å². The fourth-order valence-corrected chi connectivity index (χ4v) is 0.494. The zero-order valence-electron chi connectivity index (χ0n) is 6.19. The Kier molecular flexibility index (Phi) is 5.35. The van der Waals surface area contributed by atoms with Gasteiger partial charge in [0.1, 0.15) is 5.38 Å². The number of amides is 1. The molecule has 1 atom stereocenters. The molecule has 0 aromatic rings. The highest BCUT2D eigenvalue weighted by atomic mass is 35.5. The maximum absolute atomic E-state index is 10.7. The fourth-order valence-electron chi connectivity index (χ4n) is 0.417. The molecule has 10 heavy (non-hydrogen) atoms. The summed E-state index contributed by atoms with van der Waals surface area (Å²) in [5.74, 6) is -0.154. The quantitative estimate of drug-likeness (QED) is 0.483. The number of rotatable bonds is 4. The van der Waals surface area contributed by atoms with E-state index >= 15 is 0 Å². The largest absolute Gasteiger partial charge is 0.383 e. The molecular weight excluding hydrogens is 154 g/mol. The summed E-state index contributed by atoms with van der Waals surface area (Å²) in [5.41, 5.74) is 0. The Bertz CT molecular complexity index is 106. The average Bonchev–Trinajstić information content (AvgIpc) is 1.88. The van der Waals surface area contributed by atoms with Crippen LogP contribution in [0, 0.1) is 0 Å². The van der Waals surface area contributed by atoms with Gasteiger partial charge in [-0.25, -0.2) is 0 Å². The van der Waals surface area contributed by atoms with Gasteiger partial charge < -0.3 is 10.1 Å². The van der Waals surface area contributed by atoms with Gasteiger partial charge in [0, 0.05) is 13.7 Å². The Labute approximate surface area is 65.7 Å². The first-order chi connectivity index (χ1) is 4.68. The number of halogens is 1. The van der Waals surface area contributed by atoms with Crippen LogP contribution in [0.15, 0.2) is 0 Å². The van der Waals surface area contributed by atoms with Gasteiger partial charge in [-0.1, -0.05) is 0 Å². The summed E-state index contributed by atoms with van der Waals surface area (Å²) >= 11 is 5.45. The molecule has 0 unspecified atom stereocenters. The molecule has 0 spiro atoms. The van der Waals surface area contributed by atoms with Crippen LogP contribution in [0.1, 0.15) is 6.92 Å². The van der Waals surface area contributed by atoms with Crippen molar-refractivity contribution in [2.75, 3.05) is 20.3 Å². The second kappa shape index (κ2) is 5.50. The van der Waals surface area contributed by atoms with E-state index in [4.69, 9.17) is 16.3 Å². The van der Waals surface area contributed by atoms with E-state index in [0.717, 1.165) is 0 Å². The van der Waals surface area contributed by atoms with Crippen molar-refractivity contribution >= 4 is 17.5 Å². The first-order valence-corrected chi connectivity index (χ1v) is 3.53. The molecule has 0 rings (SSSR count). The summed E-state index contributed by atoms with van der Waals surface area (Å²) < 4.78 is 4.71. The van der Waals surface area contributed by atoms with Crippen molar-refractivity contribution in [3.63, 3.8) is 0 Å². The summed E-state index contributed by atoms with van der Waals surface area (Å²) in [6, 6.07) is 0. The van der Waals surface area contributed by atoms with E-state index in [1.807, 2.05) is 0 Å². The molecule has 1 N–H and O–H groups in total. The molecule has 0 heterocycles. The molecule has 3 nitrogen and oxygen atoms in total. The van der Waals surface area contributed by atoms with Crippen LogP contribution < -0.4 is 5.32 Å². The number of carbonyl (C=O) groups is 1. The predicted molar refractivity (Wildman–Crippen MR) is 40.2 cm³/mol.